The third-order valence-electron chi connectivity index (χ3n) is 19.6. The lowest BCUT2D eigenvalue weighted by Crippen LogP contribution is -2.10. The molecule has 0 spiro atoms. The molecule has 0 radical (unpaired) electrons. The van der Waals surface area contributed by atoms with Gasteiger partial charge >= 0.3 is 0 Å². The lowest BCUT2D eigenvalue weighted by molar-refractivity contribution is 0.590. The van der Waals surface area contributed by atoms with Gasteiger partial charge in [0.25, 0.3) is 0 Å². The van der Waals surface area contributed by atoms with Gasteiger partial charge in [0.1, 0.15) is 22.3 Å². The lowest BCUT2D eigenvalue weighted by Gasteiger charge is -2.18. The van der Waals surface area contributed by atoms with Crippen LogP contribution in [0.25, 0.3) is 128 Å². The maximum Gasteiger partial charge on any atom is 0.143 e. The highest BCUT2D eigenvalue weighted by molar-refractivity contribution is 7.26. The fraction of sp³-hybridized carbons (Fsp3) is 0.140. The Hall–Kier alpha value is -11.1. The van der Waals surface area contributed by atoms with E-state index >= 15 is 0 Å². The van der Waals surface area contributed by atoms with Crippen LogP contribution in [0.2, 0.25) is 0 Å². The van der Waals surface area contributed by atoms with E-state index in [1.54, 1.807) is 0 Å². The van der Waals surface area contributed by atoms with Crippen LogP contribution in [0, 0.1) is 69.2 Å². The Balaban J connectivity index is 0.000000109. The molecule has 4 heteroatoms. The molecule has 104 heavy (non-hydrogen) atoms. The Morgan fingerprint density at radius 1 is 0.250 bits per heavy atom. The second-order valence-corrected chi connectivity index (χ2v) is 30.7. The first-order chi connectivity index (χ1) is 50.3. The summed E-state index contributed by atoms with van der Waals surface area (Å²) in [6, 6.07) is 109. The van der Waals surface area contributed by atoms with Crippen molar-refractivity contribution in [2.45, 2.75) is 95.4 Å². The summed E-state index contributed by atoms with van der Waals surface area (Å²) in [5.41, 5.74) is 23.9. The average Bonchev–Trinajstić information content (AvgIpc) is 1.72. The summed E-state index contributed by atoms with van der Waals surface area (Å²) in [6.45, 7) is 28.1. The molecule has 0 saturated carbocycles. The molecule has 0 saturated heterocycles. The third kappa shape index (κ3) is 16.0. The molecule has 15 aromatic carbocycles. The number of benzene rings is 15. The molecule has 0 fully saturated rings. The van der Waals surface area contributed by atoms with Crippen molar-refractivity contribution in [3.05, 3.63) is 371 Å². The van der Waals surface area contributed by atoms with E-state index in [0.717, 1.165) is 27.9 Å². The van der Waals surface area contributed by atoms with E-state index in [1.165, 1.54) is 161 Å². The summed E-state index contributed by atoms with van der Waals surface area (Å²) >= 11 is 3.78. The Morgan fingerprint density at radius 2 is 0.731 bits per heavy atom. The monoisotopic (exact) mass is 1390 g/mol. The normalized spacial score (nSPS) is 11.1. The first kappa shape index (κ1) is 71.3. The van der Waals surface area contributed by atoms with Gasteiger partial charge in [-0.3, -0.25) is 0 Å². The minimum absolute atomic E-state index is 0.285. The molecule has 0 aliphatic carbocycles. The van der Waals surface area contributed by atoms with Crippen LogP contribution in [0.5, 0.6) is 0 Å². The highest BCUT2D eigenvalue weighted by Gasteiger charge is 2.16. The van der Waals surface area contributed by atoms with Crippen LogP contribution in [0.4, 0.5) is 0 Å². The van der Waals surface area contributed by atoms with Gasteiger partial charge in [0.05, 0.1) is 0 Å². The van der Waals surface area contributed by atoms with Gasteiger partial charge in [-0.1, -0.05) is 322 Å². The van der Waals surface area contributed by atoms with E-state index in [4.69, 9.17) is 8.83 Å². The molecule has 2 nitrogen and oxygen atoms in total. The second-order valence-electron chi connectivity index (χ2n) is 28.6. The molecule has 4 aromatic heterocycles. The van der Waals surface area contributed by atoms with Crippen LogP contribution in [0.15, 0.2) is 318 Å². The SMILES string of the molecule is Cc1cc(C)c(C)c(C)c1.Cc1ccc(C(C)(C)C)cc1.Cc1ccc2c(ccc3ccccc32)c1.Cc1ccc2oc3ccccc3c2c1.Cc1ccc2sc3ccccc3c2c1.Cc1cccc2c1oc1c(-c3ccccc3)cccc12.Cc1cccc2c1sc1c(-c3ccccc3)cccc12. The number of hydrogen-bond donors (Lipinski definition) is 0. The Morgan fingerprint density at radius 3 is 1.42 bits per heavy atom. The van der Waals surface area contributed by atoms with Gasteiger partial charge in [0, 0.05) is 67.5 Å². The molecule has 0 bridgehead atoms. The van der Waals surface area contributed by atoms with Crippen molar-refractivity contribution in [1.82, 2.24) is 0 Å². The molecule has 0 unspecified atom stereocenters. The van der Waals surface area contributed by atoms with Crippen LogP contribution >= 0.6 is 22.7 Å². The number of fused-ring (bicyclic) bond motifs is 15. The molecule has 0 amide bonds. The number of furan rings is 2. The number of para-hydroxylation sites is 3. The van der Waals surface area contributed by atoms with Gasteiger partial charge in [0.2, 0.25) is 0 Å². The predicted octanol–water partition coefficient (Wildman–Crippen LogP) is 30.4. The molecule has 19 aromatic rings. The van der Waals surface area contributed by atoms with E-state index < -0.39 is 0 Å². The first-order valence-electron chi connectivity index (χ1n) is 36.0. The number of rotatable bonds is 2. The topological polar surface area (TPSA) is 26.3 Å². The first-order valence-corrected chi connectivity index (χ1v) is 37.6. The lowest BCUT2D eigenvalue weighted by atomic mass is 9.87. The van der Waals surface area contributed by atoms with Gasteiger partial charge < -0.3 is 8.83 Å². The van der Waals surface area contributed by atoms with Gasteiger partial charge in [-0.25, -0.2) is 0 Å². The smallest absolute Gasteiger partial charge is 0.143 e. The van der Waals surface area contributed by atoms with E-state index in [-0.39, 0.29) is 5.41 Å². The molecule has 0 aliphatic heterocycles. The van der Waals surface area contributed by atoms with Crippen LogP contribution < -0.4 is 0 Å². The van der Waals surface area contributed by atoms with E-state index in [9.17, 15) is 0 Å². The highest BCUT2D eigenvalue weighted by atomic mass is 32.1. The summed E-state index contributed by atoms with van der Waals surface area (Å²) in [6.07, 6.45) is 0. The third-order valence-corrected chi connectivity index (χ3v) is 22.1. The van der Waals surface area contributed by atoms with Crippen LogP contribution in [0.3, 0.4) is 0 Å². The minimum atomic E-state index is 0.285. The van der Waals surface area contributed by atoms with Gasteiger partial charge in [-0.05, 0) is 183 Å². The molecule has 514 valence electrons. The number of hydrogen-bond acceptors (Lipinski definition) is 4. The molecular weight excluding hydrogens is 1300 g/mol. The summed E-state index contributed by atoms with van der Waals surface area (Å²) < 4.78 is 17.4. The molecular formula is C100H90O2S2. The Labute approximate surface area is 621 Å². The number of aryl methyl sites for hydroxylation is 9. The largest absolute Gasteiger partial charge is 0.456 e. The van der Waals surface area contributed by atoms with Crippen molar-refractivity contribution in [2.75, 3.05) is 0 Å². The second kappa shape index (κ2) is 31.6. The zero-order chi connectivity index (χ0) is 72.6. The van der Waals surface area contributed by atoms with Gasteiger partial charge in [0.15, 0.2) is 0 Å². The standard InChI is InChI=1S/C19H14O.C19H14S.C15H12.C13H10O.C13H10S.C11H16.C10H14/c2*1-13-7-5-11-16-17-12-6-10-15(19(17)20-18(13)16)14-8-3-2-4-9-14;1-11-6-9-15-13(10-11)8-7-12-4-2-3-5-14(12)15;2*1-9-6-7-13-11(8-9)10-4-2-3-5-12(10)14-13;1-9-5-7-10(8-6-9)11(2,3)4;1-7-5-8(2)10(4)9(3)6-7/h2*2-12H,1H3;2-10H,1H3;2*2-8H,1H3;5-8H,1-4H3;5-6H,1-4H3. The van der Waals surface area contributed by atoms with Crippen LogP contribution in [-0.2, 0) is 5.41 Å². The maximum atomic E-state index is 6.17. The summed E-state index contributed by atoms with van der Waals surface area (Å²) in [4.78, 5) is 0. The van der Waals surface area contributed by atoms with E-state index in [1.807, 2.05) is 53.0 Å². The van der Waals surface area contributed by atoms with Crippen LogP contribution in [-0.4, -0.2) is 0 Å². The minimum Gasteiger partial charge on any atom is -0.456 e. The number of thiophene rings is 2. The molecule has 0 atom stereocenters. The van der Waals surface area contributed by atoms with Gasteiger partial charge in [-0.2, -0.15) is 0 Å². The van der Waals surface area contributed by atoms with Crippen LogP contribution in [0.1, 0.15) is 82.0 Å². The van der Waals surface area contributed by atoms with Crippen molar-refractivity contribution in [3.63, 3.8) is 0 Å². The molecule has 19 rings (SSSR count). The van der Waals surface area contributed by atoms with Gasteiger partial charge in [-0.15, -0.1) is 22.7 Å². The summed E-state index contributed by atoms with van der Waals surface area (Å²) in [7, 11) is 0. The van der Waals surface area contributed by atoms with Crippen molar-refractivity contribution in [2.24, 2.45) is 0 Å². The predicted molar refractivity (Wildman–Crippen MR) is 457 cm³/mol. The molecule has 0 N–H and O–H groups in total. The van der Waals surface area contributed by atoms with E-state index in [2.05, 4.69) is 369 Å². The highest BCUT2D eigenvalue weighted by Crippen LogP contribution is 2.42. The zero-order valence-electron chi connectivity index (χ0n) is 62.1. The quantitative estimate of drug-likeness (QED) is 0.161. The Bertz CT molecular complexity index is 5900. The fourth-order valence-electron chi connectivity index (χ4n) is 13.7. The average molecular weight is 1390 g/mol. The maximum absolute atomic E-state index is 6.17. The van der Waals surface area contributed by atoms with Crippen molar-refractivity contribution < 1.29 is 8.83 Å². The fourth-order valence-corrected chi connectivity index (χ4v) is 16.1. The molecule has 0 aliphatic rings. The van der Waals surface area contributed by atoms with Crippen molar-refractivity contribution in [3.8, 4) is 22.3 Å². The Kier molecular flexibility index (Phi) is 21.7. The van der Waals surface area contributed by atoms with Crippen molar-refractivity contribution in [1.29, 1.82) is 0 Å². The van der Waals surface area contributed by atoms with Crippen molar-refractivity contribution >= 4 is 128 Å². The van der Waals surface area contributed by atoms with E-state index in [0.29, 0.717) is 0 Å². The summed E-state index contributed by atoms with van der Waals surface area (Å²) in [5.74, 6) is 0. The summed E-state index contributed by atoms with van der Waals surface area (Å²) in [5, 5.41) is 15.6. The molecule has 4 heterocycles. The zero-order valence-corrected chi connectivity index (χ0v) is 63.7.